The van der Waals surface area contributed by atoms with Crippen molar-refractivity contribution in [3.8, 4) is 11.4 Å². The van der Waals surface area contributed by atoms with E-state index in [-0.39, 0.29) is 0 Å². The van der Waals surface area contributed by atoms with Gasteiger partial charge in [-0.1, -0.05) is 11.6 Å². The highest BCUT2D eigenvalue weighted by molar-refractivity contribution is 7.73. The Labute approximate surface area is 112 Å². The average molecular weight is 282 g/mol. The molecule has 0 spiro atoms. The van der Waals surface area contributed by atoms with Crippen molar-refractivity contribution in [1.29, 1.82) is 0 Å². The number of aryl methyl sites for hydroxylation is 1. The minimum atomic E-state index is 0.685. The van der Waals surface area contributed by atoms with E-state index in [1.165, 1.54) is 11.3 Å². The van der Waals surface area contributed by atoms with Gasteiger partial charge in [0, 0.05) is 11.6 Å². The van der Waals surface area contributed by atoms with Crippen LogP contribution in [0.15, 0.2) is 23.7 Å². The molecule has 3 rings (SSSR count). The topological polar surface area (TPSA) is 33.1 Å². The molecule has 0 amide bonds. The summed E-state index contributed by atoms with van der Waals surface area (Å²) in [5.74, 6) is 0. The van der Waals surface area contributed by atoms with Crippen molar-refractivity contribution in [2.75, 3.05) is 0 Å². The van der Waals surface area contributed by atoms with E-state index < -0.39 is 0 Å². The number of hydrogen-bond acceptors (Lipinski definition) is 3. The van der Waals surface area contributed by atoms with E-state index in [1.807, 2.05) is 35.0 Å². The molecule has 3 aromatic heterocycles. The van der Waals surface area contributed by atoms with Gasteiger partial charge in [0.15, 0.2) is 3.95 Å². The number of fused-ring (bicyclic) bond motifs is 1. The van der Waals surface area contributed by atoms with Gasteiger partial charge in [0.2, 0.25) is 0 Å². The quantitative estimate of drug-likeness (QED) is 0.682. The first-order valence-electron chi connectivity index (χ1n) is 4.97. The number of rotatable bonds is 1. The van der Waals surface area contributed by atoms with Gasteiger partial charge in [-0.2, -0.15) is 0 Å². The van der Waals surface area contributed by atoms with Crippen molar-refractivity contribution in [3.05, 3.63) is 38.4 Å². The van der Waals surface area contributed by atoms with Crippen LogP contribution < -0.4 is 0 Å². The lowest BCUT2D eigenvalue weighted by molar-refractivity contribution is 1.17. The monoisotopic (exact) mass is 281 g/mol. The van der Waals surface area contributed by atoms with Crippen LogP contribution in [0.3, 0.4) is 0 Å². The minimum Gasteiger partial charge on any atom is -0.336 e. The number of thiazole rings is 1. The Balaban J connectivity index is 2.38. The van der Waals surface area contributed by atoms with Gasteiger partial charge in [-0.3, -0.25) is 4.40 Å². The number of H-pyrrole nitrogens is 1. The summed E-state index contributed by atoms with van der Waals surface area (Å²) in [6.07, 6.45) is 1.86. The van der Waals surface area contributed by atoms with Crippen molar-refractivity contribution in [3.63, 3.8) is 0 Å². The zero-order chi connectivity index (χ0) is 12.0. The molecule has 0 aliphatic heterocycles. The number of pyridine rings is 1. The molecular formula is C11H8ClN3S2. The first-order valence-corrected chi connectivity index (χ1v) is 6.64. The fraction of sp³-hybridized carbons (Fsp3) is 0.0909. The van der Waals surface area contributed by atoms with Gasteiger partial charge in [0.1, 0.15) is 5.65 Å². The van der Waals surface area contributed by atoms with Gasteiger partial charge in [-0.05, 0) is 31.3 Å². The molecule has 3 nitrogen and oxygen atoms in total. The zero-order valence-electron chi connectivity index (χ0n) is 8.90. The molecule has 0 saturated heterocycles. The maximum Gasteiger partial charge on any atom is 0.158 e. The molecule has 0 radical (unpaired) electrons. The molecule has 0 atom stereocenters. The Morgan fingerprint density at radius 3 is 3.00 bits per heavy atom. The van der Waals surface area contributed by atoms with Crippen LogP contribution in [0.1, 0.15) is 5.69 Å². The minimum absolute atomic E-state index is 0.685. The molecule has 3 aromatic rings. The highest BCUT2D eigenvalue weighted by Crippen LogP contribution is 2.26. The van der Waals surface area contributed by atoms with Crippen LogP contribution in [0.4, 0.5) is 0 Å². The van der Waals surface area contributed by atoms with Crippen LogP contribution in [-0.2, 0) is 0 Å². The number of aromatic nitrogens is 3. The fourth-order valence-corrected chi connectivity index (χ4v) is 2.84. The largest absolute Gasteiger partial charge is 0.336 e. The van der Waals surface area contributed by atoms with Gasteiger partial charge >= 0.3 is 0 Å². The molecule has 0 saturated carbocycles. The van der Waals surface area contributed by atoms with Crippen LogP contribution in [0.2, 0.25) is 5.02 Å². The second-order valence-corrected chi connectivity index (χ2v) is 5.67. The maximum atomic E-state index is 6.02. The molecule has 0 aliphatic carbocycles. The molecule has 3 heterocycles. The summed E-state index contributed by atoms with van der Waals surface area (Å²) < 4.78 is 2.74. The predicted molar refractivity (Wildman–Crippen MR) is 73.4 cm³/mol. The van der Waals surface area contributed by atoms with Crippen LogP contribution in [0.25, 0.3) is 17.0 Å². The highest BCUT2D eigenvalue weighted by Gasteiger charge is 2.12. The van der Waals surface area contributed by atoms with Gasteiger partial charge in [-0.15, -0.1) is 11.3 Å². The molecule has 0 aliphatic rings. The van der Waals surface area contributed by atoms with E-state index in [0.29, 0.717) is 5.02 Å². The number of hydrogen-bond donors (Lipinski definition) is 1. The summed E-state index contributed by atoms with van der Waals surface area (Å²) in [6, 6.07) is 3.74. The standard InChI is InChI=1S/C11H8ClN3S2/c1-6-10(8-5-17-11(16)14-8)15-4-7(12)2-3-9(15)13-6/h2-5H,1H3,(H,14,16). The van der Waals surface area contributed by atoms with Crippen molar-refractivity contribution >= 4 is 40.8 Å². The molecular weight excluding hydrogens is 274 g/mol. The molecule has 17 heavy (non-hydrogen) atoms. The van der Waals surface area contributed by atoms with E-state index in [1.54, 1.807) is 0 Å². The molecule has 0 fully saturated rings. The summed E-state index contributed by atoms with van der Waals surface area (Å²) in [7, 11) is 0. The van der Waals surface area contributed by atoms with Crippen molar-refractivity contribution in [2.45, 2.75) is 6.92 Å². The SMILES string of the molecule is Cc1nc2ccc(Cl)cn2c1-c1csc(=S)[nH]1. The highest BCUT2D eigenvalue weighted by atomic mass is 35.5. The molecule has 1 N–H and O–H groups in total. The normalized spacial score (nSPS) is 11.2. The summed E-state index contributed by atoms with van der Waals surface area (Å²) >= 11 is 12.6. The third kappa shape index (κ3) is 1.80. The summed E-state index contributed by atoms with van der Waals surface area (Å²) in [5, 5.41) is 2.68. The average Bonchev–Trinajstić information content (AvgIpc) is 2.81. The molecule has 0 bridgehead atoms. The maximum absolute atomic E-state index is 6.02. The Kier molecular flexibility index (Phi) is 2.54. The lowest BCUT2D eigenvalue weighted by Gasteiger charge is -2.00. The molecule has 0 unspecified atom stereocenters. The second kappa shape index (κ2) is 3.94. The Morgan fingerprint density at radius 2 is 2.29 bits per heavy atom. The van der Waals surface area contributed by atoms with E-state index in [0.717, 1.165) is 26.7 Å². The Morgan fingerprint density at radius 1 is 1.47 bits per heavy atom. The summed E-state index contributed by atoms with van der Waals surface area (Å²) in [6.45, 7) is 1.98. The summed E-state index contributed by atoms with van der Waals surface area (Å²) in [4.78, 5) is 7.66. The number of nitrogens with one attached hydrogen (secondary N) is 1. The lowest BCUT2D eigenvalue weighted by Crippen LogP contribution is -1.89. The van der Waals surface area contributed by atoms with E-state index >= 15 is 0 Å². The van der Waals surface area contributed by atoms with Crippen molar-refractivity contribution < 1.29 is 0 Å². The van der Waals surface area contributed by atoms with Crippen LogP contribution in [-0.4, -0.2) is 14.4 Å². The third-order valence-corrected chi connectivity index (χ3v) is 3.82. The number of halogens is 1. The molecule has 6 heteroatoms. The molecule has 86 valence electrons. The lowest BCUT2D eigenvalue weighted by atomic mass is 10.3. The molecule has 0 aromatic carbocycles. The van der Waals surface area contributed by atoms with Crippen molar-refractivity contribution in [1.82, 2.24) is 14.4 Å². The smallest absolute Gasteiger partial charge is 0.158 e. The van der Waals surface area contributed by atoms with E-state index in [9.17, 15) is 0 Å². The predicted octanol–water partition coefficient (Wildman–Crippen LogP) is 4.08. The Hall–Kier alpha value is -1.17. The third-order valence-electron chi connectivity index (χ3n) is 2.53. The van der Waals surface area contributed by atoms with Crippen LogP contribution >= 0.6 is 35.2 Å². The Bertz CT molecular complexity index is 754. The number of nitrogens with zero attached hydrogens (tertiary/aromatic N) is 2. The van der Waals surface area contributed by atoms with E-state index in [2.05, 4.69) is 9.97 Å². The second-order valence-electron chi connectivity index (χ2n) is 3.68. The van der Waals surface area contributed by atoms with Gasteiger partial charge in [-0.25, -0.2) is 4.98 Å². The summed E-state index contributed by atoms with van der Waals surface area (Å²) in [5.41, 5.74) is 3.82. The fourth-order valence-electron chi connectivity index (χ4n) is 1.86. The van der Waals surface area contributed by atoms with Gasteiger partial charge in [0.05, 0.1) is 22.1 Å². The number of aromatic amines is 1. The van der Waals surface area contributed by atoms with Crippen LogP contribution in [0, 0.1) is 10.9 Å². The van der Waals surface area contributed by atoms with Crippen LogP contribution in [0.5, 0.6) is 0 Å². The zero-order valence-corrected chi connectivity index (χ0v) is 11.3. The van der Waals surface area contributed by atoms with Gasteiger partial charge in [0.25, 0.3) is 0 Å². The van der Waals surface area contributed by atoms with Crippen molar-refractivity contribution in [2.24, 2.45) is 0 Å². The first-order chi connectivity index (χ1) is 8.15. The first kappa shape index (κ1) is 11.0. The van der Waals surface area contributed by atoms with Gasteiger partial charge < -0.3 is 4.98 Å². The van der Waals surface area contributed by atoms with E-state index in [4.69, 9.17) is 23.8 Å². The number of imidazole rings is 1.